The Bertz CT molecular complexity index is 616. The number of aryl methyl sites for hydroxylation is 1. The van der Waals surface area contributed by atoms with Crippen LogP contribution in [0.2, 0.25) is 0 Å². The molecule has 0 aliphatic carbocycles. The fourth-order valence-corrected chi connectivity index (χ4v) is 1.92. The third kappa shape index (κ3) is 2.81. The fourth-order valence-electron chi connectivity index (χ4n) is 1.45. The molecule has 0 saturated heterocycles. The quantitative estimate of drug-likeness (QED) is 0.865. The Hall–Kier alpha value is -2.00. The molecule has 0 aliphatic rings. The van der Waals surface area contributed by atoms with Crippen molar-refractivity contribution in [3.8, 4) is 6.07 Å². The molecule has 1 aromatic heterocycles. The first-order valence-corrected chi connectivity index (χ1v) is 5.85. The number of anilines is 2. The van der Waals surface area contributed by atoms with Crippen molar-refractivity contribution in [1.29, 1.82) is 5.26 Å². The third-order valence-corrected chi connectivity index (χ3v) is 2.58. The zero-order chi connectivity index (χ0) is 13.1. The van der Waals surface area contributed by atoms with Crippen LogP contribution in [0.25, 0.3) is 0 Å². The number of aromatic nitrogens is 2. The maximum Gasteiger partial charge on any atom is 0.135 e. The van der Waals surface area contributed by atoms with E-state index in [1.807, 2.05) is 6.07 Å². The first-order valence-electron chi connectivity index (χ1n) is 5.06. The molecule has 6 heteroatoms. The lowest BCUT2D eigenvalue weighted by molar-refractivity contribution is 0.627. The average Bonchev–Trinajstić information content (AvgIpc) is 2.30. The van der Waals surface area contributed by atoms with Crippen LogP contribution < -0.4 is 5.32 Å². The predicted octanol–water partition coefficient (Wildman–Crippen LogP) is 3.30. The number of hydrogen-bond donors (Lipinski definition) is 1. The van der Waals surface area contributed by atoms with Crippen LogP contribution in [0.4, 0.5) is 15.9 Å². The molecule has 1 N–H and O–H groups in total. The van der Waals surface area contributed by atoms with E-state index in [2.05, 4.69) is 31.2 Å². The molecule has 0 aliphatic heterocycles. The van der Waals surface area contributed by atoms with Gasteiger partial charge in [-0.25, -0.2) is 14.4 Å². The molecule has 0 saturated carbocycles. The Morgan fingerprint density at radius 3 is 2.78 bits per heavy atom. The Morgan fingerprint density at radius 2 is 2.11 bits per heavy atom. The maximum atomic E-state index is 13.0. The molecule has 4 nitrogen and oxygen atoms in total. The van der Waals surface area contributed by atoms with Gasteiger partial charge in [-0.05, 0) is 41.1 Å². The van der Waals surface area contributed by atoms with E-state index in [-0.39, 0.29) is 5.56 Å². The van der Waals surface area contributed by atoms with E-state index >= 15 is 0 Å². The Labute approximate surface area is 112 Å². The minimum absolute atomic E-state index is 0.224. The van der Waals surface area contributed by atoms with Gasteiger partial charge in [-0.1, -0.05) is 0 Å². The summed E-state index contributed by atoms with van der Waals surface area (Å²) in [5.41, 5.74) is 0.728. The Morgan fingerprint density at radius 1 is 1.33 bits per heavy atom. The van der Waals surface area contributed by atoms with Crippen molar-refractivity contribution in [3.05, 3.63) is 46.1 Å². The van der Waals surface area contributed by atoms with E-state index in [4.69, 9.17) is 5.26 Å². The van der Waals surface area contributed by atoms with Crippen molar-refractivity contribution in [3.63, 3.8) is 0 Å². The molecule has 0 atom stereocenters. The van der Waals surface area contributed by atoms with Gasteiger partial charge in [0.1, 0.15) is 28.1 Å². The topological polar surface area (TPSA) is 61.6 Å². The summed E-state index contributed by atoms with van der Waals surface area (Å²) in [6, 6.07) is 7.56. The second-order valence-corrected chi connectivity index (χ2v) is 4.36. The maximum absolute atomic E-state index is 13.0. The van der Waals surface area contributed by atoms with Crippen LogP contribution >= 0.6 is 15.9 Å². The van der Waals surface area contributed by atoms with Gasteiger partial charge in [-0.2, -0.15) is 5.26 Å². The highest BCUT2D eigenvalue weighted by molar-refractivity contribution is 9.10. The summed E-state index contributed by atoms with van der Waals surface area (Å²) in [6.07, 6.45) is 0. The van der Waals surface area contributed by atoms with Crippen molar-refractivity contribution in [2.75, 3.05) is 5.32 Å². The molecule has 0 spiro atoms. The number of benzene rings is 1. The molecule has 18 heavy (non-hydrogen) atoms. The Kier molecular flexibility index (Phi) is 3.53. The number of nitrogens with one attached hydrogen (secondary N) is 1. The number of halogens is 2. The first-order chi connectivity index (χ1) is 8.58. The lowest BCUT2D eigenvalue weighted by Gasteiger charge is -2.08. The van der Waals surface area contributed by atoms with Gasteiger partial charge in [0.15, 0.2) is 0 Å². The summed E-state index contributed by atoms with van der Waals surface area (Å²) in [7, 11) is 0. The van der Waals surface area contributed by atoms with Gasteiger partial charge in [0.05, 0.1) is 11.3 Å². The van der Waals surface area contributed by atoms with Gasteiger partial charge in [-0.15, -0.1) is 0 Å². The van der Waals surface area contributed by atoms with Gasteiger partial charge >= 0.3 is 0 Å². The molecular weight excluding hydrogens is 299 g/mol. The van der Waals surface area contributed by atoms with Crippen molar-refractivity contribution in [2.24, 2.45) is 0 Å². The molecule has 0 amide bonds. The van der Waals surface area contributed by atoms with Crippen molar-refractivity contribution in [2.45, 2.75) is 6.92 Å². The van der Waals surface area contributed by atoms with Crippen molar-refractivity contribution < 1.29 is 4.39 Å². The number of nitrogens with zero attached hydrogens (tertiary/aromatic N) is 3. The fraction of sp³-hybridized carbons (Fsp3) is 0.0833. The predicted molar refractivity (Wildman–Crippen MR) is 68.9 cm³/mol. The molecule has 0 bridgehead atoms. The molecule has 0 fully saturated rings. The molecule has 2 rings (SSSR count). The summed E-state index contributed by atoms with van der Waals surface area (Å²) in [5, 5.41) is 11.9. The summed E-state index contributed by atoms with van der Waals surface area (Å²) in [6.45, 7) is 1.76. The SMILES string of the molecule is Cc1nc(Br)cc(Nc2ccc(F)cc2C#N)n1. The van der Waals surface area contributed by atoms with Gasteiger partial charge in [0.25, 0.3) is 0 Å². The van der Waals surface area contributed by atoms with Crippen molar-refractivity contribution >= 4 is 27.4 Å². The number of hydrogen-bond acceptors (Lipinski definition) is 4. The summed E-state index contributed by atoms with van der Waals surface area (Å²) in [5.74, 6) is 0.683. The van der Waals surface area contributed by atoms with Crippen LogP contribution in [0.15, 0.2) is 28.9 Å². The van der Waals surface area contributed by atoms with Gasteiger partial charge in [0.2, 0.25) is 0 Å². The van der Waals surface area contributed by atoms with Crippen LogP contribution in [-0.4, -0.2) is 9.97 Å². The third-order valence-electron chi connectivity index (χ3n) is 2.17. The number of rotatable bonds is 2. The molecule has 2 aromatic rings. The monoisotopic (exact) mass is 306 g/mol. The lowest BCUT2D eigenvalue weighted by atomic mass is 10.2. The van der Waals surface area contributed by atoms with E-state index in [0.717, 1.165) is 0 Å². The zero-order valence-corrected chi connectivity index (χ0v) is 11.0. The van der Waals surface area contributed by atoms with Gasteiger partial charge in [-0.3, -0.25) is 0 Å². The van der Waals surface area contributed by atoms with E-state index in [1.54, 1.807) is 13.0 Å². The minimum Gasteiger partial charge on any atom is -0.339 e. The van der Waals surface area contributed by atoms with Crippen LogP contribution in [0.1, 0.15) is 11.4 Å². The van der Waals surface area contributed by atoms with Gasteiger partial charge < -0.3 is 5.32 Å². The van der Waals surface area contributed by atoms with Crippen LogP contribution in [0, 0.1) is 24.1 Å². The minimum atomic E-state index is -0.447. The summed E-state index contributed by atoms with van der Waals surface area (Å²) in [4.78, 5) is 8.24. The molecular formula is C12H8BrFN4. The summed E-state index contributed by atoms with van der Waals surface area (Å²) < 4.78 is 13.6. The molecule has 0 radical (unpaired) electrons. The first kappa shape index (κ1) is 12.5. The molecule has 90 valence electrons. The Balaban J connectivity index is 2.37. The van der Waals surface area contributed by atoms with E-state index in [9.17, 15) is 4.39 Å². The second kappa shape index (κ2) is 5.10. The largest absolute Gasteiger partial charge is 0.339 e. The van der Waals surface area contributed by atoms with E-state index < -0.39 is 5.82 Å². The smallest absolute Gasteiger partial charge is 0.135 e. The van der Waals surface area contributed by atoms with Crippen LogP contribution in [0.3, 0.4) is 0 Å². The van der Waals surface area contributed by atoms with E-state index in [1.165, 1.54) is 18.2 Å². The molecule has 0 unspecified atom stereocenters. The molecule has 1 aromatic carbocycles. The highest BCUT2D eigenvalue weighted by Crippen LogP contribution is 2.21. The van der Waals surface area contributed by atoms with E-state index in [0.29, 0.717) is 21.9 Å². The second-order valence-electron chi connectivity index (χ2n) is 3.55. The van der Waals surface area contributed by atoms with Crippen LogP contribution in [0.5, 0.6) is 0 Å². The average molecular weight is 307 g/mol. The standard InChI is InChI=1S/C12H8BrFN4/c1-7-16-11(13)5-12(17-7)18-10-3-2-9(14)4-8(10)6-15/h2-5H,1H3,(H,16,17,18). The zero-order valence-electron chi connectivity index (χ0n) is 9.41. The van der Waals surface area contributed by atoms with Crippen molar-refractivity contribution in [1.82, 2.24) is 9.97 Å². The lowest BCUT2D eigenvalue weighted by Crippen LogP contribution is -1.99. The highest BCUT2D eigenvalue weighted by atomic mass is 79.9. The summed E-state index contributed by atoms with van der Waals surface area (Å²) >= 11 is 3.26. The highest BCUT2D eigenvalue weighted by Gasteiger charge is 2.06. The number of nitriles is 1. The molecule has 1 heterocycles. The van der Waals surface area contributed by atoms with Gasteiger partial charge in [0, 0.05) is 6.07 Å². The van der Waals surface area contributed by atoms with Crippen LogP contribution in [-0.2, 0) is 0 Å². The normalized spacial score (nSPS) is 9.89.